The average Bonchev–Trinajstić information content (AvgIpc) is 2.60. The first-order valence-corrected chi connectivity index (χ1v) is 9.26. The highest BCUT2D eigenvalue weighted by Crippen LogP contribution is 2.38. The number of ether oxygens (including phenoxy) is 1. The maximum atomic E-state index is 12.9. The van der Waals surface area contributed by atoms with Gasteiger partial charge in [0, 0.05) is 20.6 Å². The lowest BCUT2D eigenvalue weighted by Gasteiger charge is -2.38. The minimum Gasteiger partial charge on any atom is -0.497 e. The topological polar surface area (TPSA) is 49.9 Å². The molecule has 0 spiro atoms. The highest BCUT2D eigenvalue weighted by molar-refractivity contribution is 7.86. The van der Waals surface area contributed by atoms with E-state index in [4.69, 9.17) is 4.74 Å². The maximum absolute atomic E-state index is 12.9. The molecular weight excluding hydrogens is 324 g/mol. The molecule has 0 N–H and O–H groups in total. The molecule has 6 heteroatoms. The fraction of sp³-hybridized carbons (Fsp3) is 0.333. The first-order valence-electron chi connectivity index (χ1n) is 7.86. The zero-order valence-electron chi connectivity index (χ0n) is 14.1. The second-order valence-corrected chi connectivity index (χ2v) is 8.12. The first-order chi connectivity index (χ1) is 11.4. The molecule has 128 valence electrons. The predicted molar refractivity (Wildman–Crippen MR) is 94.3 cm³/mol. The fourth-order valence-electron chi connectivity index (χ4n) is 3.16. The molecule has 0 bridgehead atoms. The van der Waals surface area contributed by atoms with E-state index in [1.54, 1.807) is 25.5 Å². The van der Waals surface area contributed by atoms with Crippen molar-refractivity contribution < 1.29 is 13.2 Å². The molecule has 1 unspecified atom stereocenters. The molecule has 1 atom stereocenters. The minimum absolute atomic E-state index is 0.350. The smallest absolute Gasteiger partial charge is 0.282 e. The molecular formula is C18H22N2O3S. The number of methoxy groups -OCH3 is 1. The van der Waals surface area contributed by atoms with E-state index >= 15 is 0 Å². The summed E-state index contributed by atoms with van der Waals surface area (Å²) in [6.07, 6.45) is 0.712. The van der Waals surface area contributed by atoms with Crippen LogP contribution < -0.4 is 4.74 Å². The van der Waals surface area contributed by atoms with Crippen molar-refractivity contribution in [2.45, 2.75) is 12.5 Å². The van der Waals surface area contributed by atoms with Crippen LogP contribution in [0.4, 0.5) is 0 Å². The van der Waals surface area contributed by atoms with Gasteiger partial charge in [-0.3, -0.25) is 0 Å². The lowest BCUT2D eigenvalue weighted by Crippen LogP contribution is -2.45. The number of hydrogen-bond acceptors (Lipinski definition) is 3. The van der Waals surface area contributed by atoms with Crippen LogP contribution in [0.25, 0.3) is 0 Å². The molecule has 0 aliphatic carbocycles. The molecule has 1 aliphatic heterocycles. The van der Waals surface area contributed by atoms with Crippen LogP contribution in [-0.2, 0) is 16.6 Å². The van der Waals surface area contributed by atoms with Crippen molar-refractivity contribution in [2.75, 3.05) is 27.7 Å². The minimum atomic E-state index is -3.53. The lowest BCUT2D eigenvalue weighted by molar-refractivity contribution is 0.319. The average molecular weight is 346 g/mol. The van der Waals surface area contributed by atoms with Crippen LogP contribution in [0, 0.1) is 0 Å². The third kappa shape index (κ3) is 2.92. The fourth-order valence-corrected chi connectivity index (χ4v) is 4.40. The number of benzene rings is 2. The second kappa shape index (κ2) is 6.55. The summed E-state index contributed by atoms with van der Waals surface area (Å²) < 4.78 is 33.9. The Morgan fingerprint density at radius 2 is 1.88 bits per heavy atom. The van der Waals surface area contributed by atoms with Gasteiger partial charge in [-0.25, -0.2) is 0 Å². The molecule has 1 aliphatic rings. The maximum Gasteiger partial charge on any atom is 0.282 e. The summed E-state index contributed by atoms with van der Waals surface area (Å²) in [5.74, 6) is 0.720. The van der Waals surface area contributed by atoms with Gasteiger partial charge in [-0.2, -0.15) is 17.0 Å². The van der Waals surface area contributed by atoms with Gasteiger partial charge in [-0.1, -0.05) is 36.4 Å². The molecule has 1 heterocycles. The highest BCUT2D eigenvalue weighted by atomic mass is 32.2. The van der Waals surface area contributed by atoms with Gasteiger partial charge in [-0.05, 0) is 35.2 Å². The number of fused-ring (bicyclic) bond motifs is 1. The van der Waals surface area contributed by atoms with Gasteiger partial charge < -0.3 is 4.74 Å². The van der Waals surface area contributed by atoms with E-state index in [1.807, 2.05) is 42.5 Å². The SMILES string of the molecule is COc1cccc(C2c3ccccc3CCN2S(=O)(=O)N(C)C)c1. The summed E-state index contributed by atoms with van der Waals surface area (Å²) in [6.45, 7) is 0.458. The van der Waals surface area contributed by atoms with Crippen molar-refractivity contribution in [1.82, 2.24) is 8.61 Å². The van der Waals surface area contributed by atoms with Crippen molar-refractivity contribution in [3.8, 4) is 5.75 Å². The van der Waals surface area contributed by atoms with E-state index in [2.05, 4.69) is 6.07 Å². The Morgan fingerprint density at radius 3 is 2.58 bits per heavy atom. The molecule has 0 radical (unpaired) electrons. The lowest BCUT2D eigenvalue weighted by atomic mass is 9.90. The Labute approximate surface area is 143 Å². The molecule has 0 amide bonds. The Hall–Kier alpha value is -1.89. The van der Waals surface area contributed by atoms with Crippen LogP contribution in [0.5, 0.6) is 5.75 Å². The summed E-state index contributed by atoms with van der Waals surface area (Å²) in [5.41, 5.74) is 3.13. The van der Waals surface area contributed by atoms with Gasteiger partial charge >= 0.3 is 0 Å². The molecule has 0 fully saturated rings. The van der Waals surface area contributed by atoms with Crippen LogP contribution in [-0.4, -0.2) is 44.8 Å². The molecule has 5 nitrogen and oxygen atoms in total. The third-order valence-corrected chi connectivity index (χ3v) is 6.32. The van der Waals surface area contributed by atoms with Crippen molar-refractivity contribution >= 4 is 10.2 Å². The monoisotopic (exact) mass is 346 g/mol. The van der Waals surface area contributed by atoms with Crippen LogP contribution in [0.1, 0.15) is 22.7 Å². The Bertz CT molecular complexity index is 834. The Kier molecular flexibility index (Phi) is 4.62. The highest BCUT2D eigenvalue weighted by Gasteiger charge is 2.37. The van der Waals surface area contributed by atoms with Crippen LogP contribution in [0.15, 0.2) is 48.5 Å². The van der Waals surface area contributed by atoms with Gasteiger partial charge in [0.2, 0.25) is 0 Å². The zero-order valence-corrected chi connectivity index (χ0v) is 15.0. The summed E-state index contributed by atoms with van der Waals surface area (Å²) in [5, 5.41) is 0. The van der Waals surface area contributed by atoms with Crippen LogP contribution >= 0.6 is 0 Å². The standard InChI is InChI=1S/C18H22N2O3S/c1-19(2)24(21,22)20-12-11-14-7-4-5-10-17(14)18(20)15-8-6-9-16(13-15)23-3/h4-10,13,18H,11-12H2,1-3H3. The van der Waals surface area contributed by atoms with Gasteiger partial charge in [0.25, 0.3) is 10.2 Å². The van der Waals surface area contributed by atoms with Crippen molar-refractivity contribution in [2.24, 2.45) is 0 Å². The molecule has 3 rings (SSSR count). The summed E-state index contributed by atoms with van der Waals surface area (Å²) in [7, 11) is 1.22. The van der Waals surface area contributed by atoms with Crippen LogP contribution in [0.2, 0.25) is 0 Å². The second-order valence-electron chi connectivity index (χ2n) is 6.03. The molecule has 24 heavy (non-hydrogen) atoms. The van der Waals surface area contributed by atoms with E-state index in [1.165, 1.54) is 9.87 Å². The molecule has 2 aromatic carbocycles. The van der Waals surface area contributed by atoms with E-state index < -0.39 is 10.2 Å². The Morgan fingerprint density at radius 1 is 1.12 bits per heavy atom. The predicted octanol–water partition coefficient (Wildman–Crippen LogP) is 2.45. The largest absolute Gasteiger partial charge is 0.497 e. The molecule has 2 aromatic rings. The Balaban J connectivity index is 2.17. The normalized spacial score (nSPS) is 18.4. The van der Waals surface area contributed by atoms with Gasteiger partial charge in [-0.15, -0.1) is 0 Å². The summed E-state index contributed by atoms with van der Waals surface area (Å²) in [4.78, 5) is 0. The molecule has 0 saturated carbocycles. The van der Waals surface area contributed by atoms with Crippen molar-refractivity contribution in [1.29, 1.82) is 0 Å². The quantitative estimate of drug-likeness (QED) is 0.854. The van der Waals surface area contributed by atoms with E-state index in [0.29, 0.717) is 13.0 Å². The number of hydrogen-bond donors (Lipinski definition) is 0. The number of nitrogens with zero attached hydrogens (tertiary/aromatic N) is 2. The summed E-state index contributed by atoms with van der Waals surface area (Å²) in [6, 6.07) is 15.3. The first kappa shape index (κ1) is 17.0. The van der Waals surface area contributed by atoms with Gasteiger partial charge in [0.15, 0.2) is 0 Å². The third-order valence-electron chi connectivity index (χ3n) is 4.41. The summed E-state index contributed by atoms with van der Waals surface area (Å²) >= 11 is 0. The van der Waals surface area contributed by atoms with Gasteiger partial charge in [0.05, 0.1) is 13.2 Å². The van der Waals surface area contributed by atoms with Crippen molar-refractivity contribution in [3.63, 3.8) is 0 Å². The van der Waals surface area contributed by atoms with E-state index in [9.17, 15) is 8.42 Å². The zero-order chi connectivity index (χ0) is 17.3. The number of rotatable bonds is 4. The van der Waals surface area contributed by atoms with E-state index in [-0.39, 0.29) is 6.04 Å². The molecule has 0 saturated heterocycles. The molecule has 0 aromatic heterocycles. The van der Waals surface area contributed by atoms with Crippen molar-refractivity contribution in [3.05, 3.63) is 65.2 Å². The van der Waals surface area contributed by atoms with Crippen LogP contribution in [0.3, 0.4) is 0 Å². The van der Waals surface area contributed by atoms with Gasteiger partial charge in [0.1, 0.15) is 5.75 Å². The van der Waals surface area contributed by atoms with E-state index in [0.717, 1.165) is 16.9 Å².